The molecule has 0 saturated carbocycles. The minimum Gasteiger partial charge on any atom is -0.395 e. The highest BCUT2D eigenvalue weighted by Crippen LogP contribution is 2.28. The molecule has 0 saturated heterocycles. The quantitative estimate of drug-likeness (QED) is 0.786. The van der Waals surface area contributed by atoms with Gasteiger partial charge in [-0.1, -0.05) is 30.3 Å². The van der Waals surface area contributed by atoms with Crippen molar-refractivity contribution in [1.82, 2.24) is 4.98 Å². The van der Waals surface area contributed by atoms with Crippen molar-refractivity contribution in [2.75, 3.05) is 17.7 Å². The second-order valence-electron chi connectivity index (χ2n) is 4.71. The lowest BCUT2D eigenvalue weighted by Crippen LogP contribution is -2.36. The van der Waals surface area contributed by atoms with Crippen molar-refractivity contribution >= 4 is 11.5 Å². The monoisotopic (exact) mass is 268 g/mol. The number of nitrogens with two attached hydrogens (primary N) is 1. The molecule has 102 valence electrons. The third-order valence-corrected chi connectivity index (χ3v) is 3.23. The van der Waals surface area contributed by atoms with E-state index >= 15 is 0 Å². The van der Waals surface area contributed by atoms with Crippen LogP contribution in [0, 0.1) is 11.3 Å². The van der Waals surface area contributed by atoms with Crippen LogP contribution < -0.4 is 11.1 Å². The van der Waals surface area contributed by atoms with E-state index in [0.717, 1.165) is 5.56 Å². The lowest BCUT2D eigenvalue weighted by molar-refractivity contribution is 0.224. The average molecular weight is 268 g/mol. The van der Waals surface area contributed by atoms with E-state index in [1.165, 1.54) is 6.20 Å². The van der Waals surface area contributed by atoms with E-state index in [4.69, 9.17) is 11.0 Å². The van der Waals surface area contributed by atoms with Crippen molar-refractivity contribution in [2.45, 2.75) is 12.5 Å². The number of aromatic nitrogens is 1. The molecular weight excluding hydrogens is 252 g/mol. The zero-order valence-electron chi connectivity index (χ0n) is 11.2. The summed E-state index contributed by atoms with van der Waals surface area (Å²) in [4.78, 5) is 4.15. The SMILES string of the molecule is CC(CO)(Nc1nccc(C#N)c1N)c1ccccc1. The summed E-state index contributed by atoms with van der Waals surface area (Å²) in [5.74, 6) is 0.393. The third-order valence-electron chi connectivity index (χ3n) is 3.23. The molecule has 1 unspecified atom stereocenters. The largest absolute Gasteiger partial charge is 0.395 e. The Labute approximate surface area is 117 Å². The number of nitrogens with one attached hydrogen (secondary N) is 1. The minimum atomic E-state index is -0.726. The molecule has 1 heterocycles. The topological polar surface area (TPSA) is 95.0 Å². The molecule has 0 aliphatic rings. The Kier molecular flexibility index (Phi) is 3.87. The Morgan fingerprint density at radius 1 is 1.35 bits per heavy atom. The Bertz CT molecular complexity index is 636. The number of nitriles is 1. The lowest BCUT2D eigenvalue weighted by Gasteiger charge is -2.30. The van der Waals surface area contributed by atoms with Gasteiger partial charge in [0, 0.05) is 6.20 Å². The van der Waals surface area contributed by atoms with E-state index in [1.807, 2.05) is 43.3 Å². The van der Waals surface area contributed by atoms with E-state index in [9.17, 15) is 5.11 Å². The maximum atomic E-state index is 9.72. The Balaban J connectivity index is 2.39. The van der Waals surface area contributed by atoms with Gasteiger partial charge < -0.3 is 16.2 Å². The summed E-state index contributed by atoms with van der Waals surface area (Å²) in [6, 6.07) is 13.1. The van der Waals surface area contributed by atoms with Crippen LogP contribution in [0.25, 0.3) is 0 Å². The molecular formula is C15H16N4O. The van der Waals surface area contributed by atoms with E-state index in [1.54, 1.807) is 6.07 Å². The first-order valence-corrected chi connectivity index (χ1v) is 6.20. The molecule has 4 N–H and O–H groups in total. The summed E-state index contributed by atoms with van der Waals surface area (Å²) in [5, 5.41) is 21.8. The molecule has 0 amide bonds. The summed E-state index contributed by atoms with van der Waals surface area (Å²) >= 11 is 0. The second kappa shape index (κ2) is 5.59. The van der Waals surface area contributed by atoms with Crippen molar-refractivity contribution in [3.05, 3.63) is 53.7 Å². The van der Waals surface area contributed by atoms with Gasteiger partial charge in [0.1, 0.15) is 6.07 Å². The molecule has 1 aromatic carbocycles. The maximum absolute atomic E-state index is 9.72. The predicted octanol–water partition coefficient (Wildman–Crippen LogP) is 1.86. The molecule has 0 fully saturated rings. The zero-order valence-corrected chi connectivity index (χ0v) is 11.2. The Morgan fingerprint density at radius 3 is 2.65 bits per heavy atom. The van der Waals surface area contributed by atoms with Crippen LogP contribution in [0.15, 0.2) is 42.6 Å². The number of hydrogen-bond acceptors (Lipinski definition) is 5. The Hall–Kier alpha value is -2.58. The van der Waals surface area contributed by atoms with Crippen molar-refractivity contribution in [2.24, 2.45) is 0 Å². The molecule has 20 heavy (non-hydrogen) atoms. The standard InChI is InChI=1S/C15H16N4O/c1-15(10-20,12-5-3-2-4-6-12)19-14-13(17)11(9-16)7-8-18-14/h2-8,20H,10,17H2,1H3,(H,18,19). The molecule has 5 heteroatoms. The fraction of sp³-hybridized carbons (Fsp3) is 0.200. The van der Waals surface area contributed by atoms with Crippen LogP contribution in [-0.2, 0) is 5.54 Å². The van der Waals surface area contributed by atoms with Crippen molar-refractivity contribution < 1.29 is 5.11 Å². The van der Waals surface area contributed by atoms with Gasteiger partial charge >= 0.3 is 0 Å². The Morgan fingerprint density at radius 2 is 2.05 bits per heavy atom. The first-order chi connectivity index (χ1) is 9.60. The maximum Gasteiger partial charge on any atom is 0.151 e. The first-order valence-electron chi connectivity index (χ1n) is 6.20. The lowest BCUT2D eigenvalue weighted by atomic mass is 9.93. The van der Waals surface area contributed by atoms with Crippen LogP contribution in [0.5, 0.6) is 0 Å². The average Bonchev–Trinajstić information content (AvgIpc) is 2.50. The number of benzene rings is 1. The van der Waals surface area contributed by atoms with Gasteiger partial charge in [-0.05, 0) is 18.6 Å². The number of nitrogen functional groups attached to an aromatic ring is 1. The van der Waals surface area contributed by atoms with E-state index in [0.29, 0.717) is 11.4 Å². The first kappa shape index (κ1) is 13.8. The van der Waals surface area contributed by atoms with Gasteiger partial charge in [-0.3, -0.25) is 0 Å². The van der Waals surface area contributed by atoms with Crippen LogP contribution in [0.1, 0.15) is 18.1 Å². The molecule has 0 spiro atoms. The van der Waals surface area contributed by atoms with Gasteiger partial charge in [-0.2, -0.15) is 5.26 Å². The molecule has 2 rings (SSSR count). The van der Waals surface area contributed by atoms with E-state index in [2.05, 4.69) is 10.3 Å². The molecule has 1 aromatic heterocycles. The molecule has 0 radical (unpaired) electrons. The molecule has 1 atom stereocenters. The van der Waals surface area contributed by atoms with Gasteiger partial charge in [-0.25, -0.2) is 4.98 Å². The molecule has 0 aliphatic heterocycles. The smallest absolute Gasteiger partial charge is 0.151 e. The number of anilines is 2. The predicted molar refractivity (Wildman–Crippen MR) is 77.9 cm³/mol. The number of aliphatic hydroxyl groups excluding tert-OH is 1. The summed E-state index contributed by atoms with van der Waals surface area (Å²) in [5.41, 5.74) is 6.73. The fourth-order valence-corrected chi connectivity index (χ4v) is 1.94. The van der Waals surface area contributed by atoms with Gasteiger partial charge in [-0.15, -0.1) is 0 Å². The summed E-state index contributed by atoms with van der Waals surface area (Å²) in [6.45, 7) is 1.72. The van der Waals surface area contributed by atoms with E-state index in [-0.39, 0.29) is 12.3 Å². The third kappa shape index (κ3) is 2.56. The highest BCUT2D eigenvalue weighted by Gasteiger charge is 2.27. The minimum absolute atomic E-state index is 0.130. The second-order valence-corrected chi connectivity index (χ2v) is 4.71. The van der Waals surface area contributed by atoms with Gasteiger partial charge in [0.05, 0.1) is 23.4 Å². The molecule has 5 nitrogen and oxygen atoms in total. The summed E-state index contributed by atoms with van der Waals surface area (Å²) < 4.78 is 0. The number of rotatable bonds is 4. The highest BCUT2D eigenvalue weighted by molar-refractivity contribution is 5.69. The molecule has 2 aromatic rings. The van der Waals surface area contributed by atoms with Gasteiger partial charge in [0.15, 0.2) is 5.82 Å². The number of aliphatic hydroxyl groups is 1. The fourth-order valence-electron chi connectivity index (χ4n) is 1.94. The van der Waals surface area contributed by atoms with Crippen LogP contribution in [-0.4, -0.2) is 16.7 Å². The van der Waals surface area contributed by atoms with Crippen LogP contribution in [0.3, 0.4) is 0 Å². The van der Waals surface area contributed by atoms with Crippen molar-refractivity contribution in [1.29, 1.82) is 5.26 Å². The van der Waals surface area contributed by atoms with Crippen LogP contribution in [0.4, 0.5) is 11.5 Å². The van der Waals surface area contributed by atoms with Crippen molar-refractivity contribution in [3.8, 4) is 6.07 Å². The summed E-state index contributed by atoms with van der Waals surface area (Å²) in [7, 11) is 0. The number of nitrogens with zero attached hydrogens (tertiary/aromatic N) is 2. The normalized spacial score (nSPS) is 13.2. The zero-order chi connectivity index (χ0) is 14.6. The highest BCUT2D eigenvalue weighted by atomic mass is 16.3. The molecule has 0 aliphatic carbocycles. The summed E-state index contributed by atoms with van der Waals surface area (Å²) in [6.07, 6.45) is 1.51. The van der Waals surface area contributed by atoms with Crippen LogP contribution in [0.2, 0.25) is 0 Å². The van der Waals surface area contributed by atoms with Crippen molar-refractivity contribution in [3.63, 3.8) is 0 Å². The number of hydrogen-bond donors (Lipinski definition) is 3. The van der Waals surface area contributed by atoms with Gasteiger partial charge in [0.2, 0.25) is 0 Å². The van der Waals surface area contributed by atoms with Gasteiger partial charge in [0.25, 0.3) is 0 Å². The number of pyridine rings is 1. The molecule has 0 bridgehead atoms. The van der Waals surface area contributed by atoms with E-state index < -0.39 is 5.54 Å². The van der Waals surface area contributed by atoms with Crippen LogP contribution >= 0.6 is 0 Å².